The molecule has 2 unspecified atom stereocenters. The van der Waals surface area contributed by atoms with E-state index in [1.807, 2.05) is 20.8 Å². The summed E-state index contributed by atoms with van der Waals surface area (Å²) in [5, 5.41) is 3.88. The number of hydrogen-bond donors (Lipinski definition) is 1. The second kappa shape index (κ2) is 5.37. The molecule has 2 saturated carbocycles. The van der Waals surface area contributed by atoms with Crippen LogP contribution < -0.4 is 5.32 Å². The molecule has 23 heavy (non-hydrogen) atoms. The summed E-state index contributed by atoms with van der Waals surface area (Å²) in [6, 6.07) is 1.37. The van der Waals surface area contributed by atoms with Crippen molar-refractivity contribution in [3.05, 3.63) is 0 Å². The highest BCUT2D eigenvalue weighted by Crippen LogP contribution is 2.61. The second-order valence-corrected chi connectivity index (χ2v) is 9.46. The minimum Gasteiger partial charge on any atom is -0.444 e. The van der Waals surface area contributed by atoms with Gasteiger partial charge < -0.3 is 15.0 Å². The Morgan fingerprint density at radius 1 is 1.13 bits per heavy atom. The molecular formula is C19H32N2O2. The van der Waals surface area contributed by atoms with Crippen LogP contribution in [0.2, 0.25) is 0 Å². The predicted octanol–water partition coefficient (Wildman–Crippen LogP) is 3.70. The van der Waals surface area contributed by atoms with Crippen molar-refractivity contribution < 1.29 is 9.53 Å². The van der Waals surface area contributed by atoms with Gasteiger partial charge in [-0.1, -0.05) is 0 Å². The molecule has 1 N–H and O–H groups in total. The average molecular weight is 320 g/mol. The van der Waals surface area contributed by atoms with Gasteiger partial charge in [0.2, 0.25) is 0 Å². The van der Waals surface area contributed by atoms with E-state index in [0.717, 1.165) is 31.6 Å². The number of piperidine rings is 1. The summed E-state index contributed by atoms with van der Waals surface area (Å²) in [6.07, 6.45) is 10.2. The Kier molecular flexibility index (Phi) is 3.67. The number of carbonyl (C=O) groups is 1. The molecule has 2 aliphatic carbocycles. The van der Waals surface area contributed by atoms with Crippen LogP contribution in [0.15, 0.2) is 0 Å². The van der Waals surface area contributed by atoms with Crippen molar-refractivity contribution in [1.29, 1.82) is 0 Å². The lowest BCUT2D eigenvalue weighted by atomic mass is 9.95. The SMILES string of the molecule is CC(C)(C)OC(=O)N1C2CCC1CC(NCC1(C3CC3)CC1)C2. The van der Waals surface area contributed by atoms with Crippen molar-refractivity contribution in [3.8, 4) is 0 Å². The first-order chi connectivity index (χ1) is 10.9. The molecule has 2 saturated heterocycles. The molecule has 0 aromatic carbocycles. The van der Waals surface area contributed by atoms with E-state index >= 15 is 0 Å². The Labute approximate surface area is 140 Å². The van der Waals surface area contributed by atoms with E-state index in [0.29, 0.717) is 23.5 Å². The quantitative estimate of drug-likeness (QED) is 0.859. The molecule has 0 aromatic heterocycles. The Morgan fingerprint density at radius 3 is 2.22 bits per heavy atom. The molecule has 130 valence electrons. The summed E-state index contributed by atoms with van der Waals surface area (Å²) in [7, 11) is 0. The van der Waals surface area contributed by atoms with Gasteiger partial charge in [-0.2, -0.15) is 0 Å². The Bertz CT molecular complexity index is 462. The van der Waals surface area contributed by atoms with Crippen molar-refractivity contribution in [2.45, 2.75) is 95.9 Å². The Hall–Kier alpha value is -0.770. The number of ether oxygens (including phenoxy) is 1. The summed E-state index contributed by atoms with van der Waals surface area (Å²) in [5.41, 5.74) is 0.273. The summed E-state index contributed by atoms with van der Waals surface area (Å²) in [6.45, 7) is 7.07. The molecule has 0 aromatic rings. The fourth-order valence-electron chi connectivity index (χ4n) is 4.89. The van der Waals surface area contributed by atoms with Crippen molar-refractivity contribution >= 4 is 6.09 Å². The van der Waals surface area contributed by atoms with Crippen molar-refractivity contribution in [2.75, 3.05) is 6.54 Å². The third-order valence-electron chi connectivity index (χ3n) is 6.42. The molecule has 2 aliphatic heterocycles. The van der Waals surface area contributed by atoms with Crippen LogP contribution in [0.3, 0.4) is 0 Å². The van der Waals surface area contributed by atoms with Gasteiger partial charge in [-0.15, -0.1) is 0 Å². The number of fused-ring (bicyclic) bond motifs is 2. The molecule has 0 radical (unpaired) electrons. The van der Waals surface area contributed by atoms with Crippen molar-refractivity contribution in [2.24, 2.45) is 11.3 Å². The molecule has 1 amide bonds. The Balaban J connectivity index is 1.31. The summed E-state index contributed by atoms with van der Waals surface area (Å²) < 4.78 is 5.62. The number of nitrogens with one attached hydrogen (secondary N) is 1. The molecule has 4 rings (SSSR count). The zero-order valence-electron chi connectivity index (χ0n) is 14.9. The van der Waals surface area contributed by atoms with E-state index < -0.39 is 5.60 Å². The molecule has 2 bridgehead atoms. The van der Waals surface area contributed by atoms with E-state index in [-0.39, 0.29) is 6.09 Å². The molecule has 2 heterocycles. The van der Waals surface area contributed by atoms with E-state index in [2.05, 4.69) is 10.2 Å². The summed E-state index contributed by atoms with van der Waals surface area (Å²) in [5.74, 6) is 1.02. The van der Waals surface area contributed by atoms with Gasteiger partial charge in [-0.05, 0) is 83.5 Å². The molecule has 4 heteroatoms. The zero-order chi connectivity index (χ0) is 16.2. The smallest absolute Gasteiger partial charge is 0.410 e. The standard InChI is InChI=1S/C19H32N2O2/c1-18(2,3)23-17(22)21-15-6-7-16(21)11-14(10-15)20-12-19(8-9-19)13-4-5-13/h13-16,20H,4-12H2,1-3H3. The normalized spacial score (nSPS) is 35.3. The van der Waals surface area contributed by atoms with Crippen molar-refractivity contribution in [3.63, 3.8) is 0 Å². The molecule has 4 nitrogen and oxygen atoms in total. The highest BCUT2D eigenvalue weighted by Gasteiger charge is 2.54. The van der Waals surface area contributed by atoms with Crippen molar-refractivity contribution in [1.82, 2.24) is 10.2 Å². The van der Waals surface area contributed by atoms with Gasteiger partial charge in [-0.25, -0.2) is 4.79 Å². The average Bonchev–Trinajstić information content (AvgIpc) is 3.33. The van der Waals surface area contributed by atoms with Crippen LogP contribution in [-0.2, 0) is 4.74 Å². The lowest BCUT2D eigenvalue weighted by molar-refractivity contribution is 0.00449. The van der Waals surface area contributed by atoms with Gasteiger partial charge in [0, 0.05) is 24.7 Å². The molecular weight excluding hydrogens is 288 g/mol. The molecule has 2 atom stereocenters. The van der Waals surface area contributed by atoms with Crippen LogP contribution in [0.25, 0.3) is 0 Å². The number of rotatable bonds is 4. The first-order valence-corrected chi connectivity index (χ1v) is 9.61. The third kappa shape index (κ3) is 3.24. The lowest BCUT2D eigenvalue weighted by Crippen LogP contribution is -2.53. The topological polar surface area (TPSA) is 41.6 Å². The van der Waals surface area contributed by atoms with Crippen LogP contribution in [0.5, 0.6) is 0 Å². The molecule has 0 spiro atoms. The predicted molar refractivity (Wildman–Crippen MR) is 90.3 cm³/mol. The molecule has 4 fully saturated rings. The van der Waals surface area contributed by atoms with Gasteiger partial charge >= 0.3 is 6.09 Å². The van der Waals surface area contributed by atoms with Crippen LogP contribution in [0.4, 0.5) is 4.79 Å². The molecule has 4 aliphatic rings. The largest absolute Gasteiger partial charge is 0.444 e. The van der Waals surface area contributed by atoms with Gasteiger partial charge in [-0.3, -0.25) is 0 Å². The van der Waals surface area contributed by atoms with Gasteiger partial charge in [0.25, 0.3) is 0 Å². The number of nitrogens with zero attached hydrogens (tertiary/aromatic N) is 1. The highest BCUT2D eigenvalue weighted by atomic mass is 16.6. The van der Waals surface area contributed by atoms with Crippen LogP contribution in [0, 0.1) is 11.3 Å². The van der Waals surface area contributed by atoms with Gasteiger partial charge in [0.15, 0.2) is 0 Å². The maximum atomic E-state index is 12.5. The first-order valence-electron chi connectivity index (χ1n) is 9.61. The first kappa shape index (κ1) is 15.7. The number of hydrogen-bond acceptors (Lipinski definition) is 3. The van der Waals surface area contributed by atoms with E-state index in [1.54, 1.807) is 0 Å². The van der Waals surface area contributed by atoms with Crippen LogP contribution in [-0.4, -0.2) is 41.3 Å². The van der Waals surface area contributed by atoms with Crippen LogP contribution >= 0.6 is 0 Å². The third-order valence-corrected chi connectivity index (χ3v) is 6.42. The van der Waals surface area contributed by atoms with Gasteiger partial charge in [0.05, 0.1) is 0 Å². The zero-order valence-corrected chi connectivity index (χ0v) is 14.9. The monoisotopic (exact) mass is 320 g/mol. The number of carbonyl (C=O) groups excluding carboxylic acids is 1. The fourth-order valence-corrected chi connectivity index (χ4v) is 4.89. The van der Waals surface area contributed by atoms with E-state index in [9.17, 15) is 4.79 Å². The number of amides is 1. The van der Waals surface area contributed by atoms with Gasteiger partial charge in [0.1, 0.15) is 5.60 Å². The minimum absolute atomic E-state index is 0.0971. The maximum Gasteiger partial charge on any atom is 0.410 e. The van der Waals surface area contributed by atoms with Crippen LogP contribution in [0.1, 0.15) is 72.1 Å². The highest BCUT2D eigenvalue weighted by molar-refractivity contribution is 5.69. The summed E-state index contributed by atoms with van der Waals surface area (Å²) in [4.78, 5) is 14.5. The fraction of sp³-hybridized carbons (Fsp3) is 0.947. The summed E-state index contributed by atoms with van der Waals surface area (Å²) >= 11 is 0. The maximum absolute atomic E-state index is 12.5. The van der Waals surface area contributed by atoms with E-state index in [4.69, 9.17) is 4.74 Å². The van der Waals surface area contributed by atoms with E-state index in [1.165, 1.54) is 32.2 Å². The second-order valence-electron chi connectivity index (χ2n) is 9.46. The minimum atomic E-state index is -0.395. The lowest BCUT2D eigenvalue weighted by Gasteiger charge is -2.40. The Morgan fingerprint density at radius 2 is 1.74 bits per heavy atom.